The summed E-state index contributed by atoms with van der Waals surface area (Å²) >= 11 is 5.82. The maximum Gasteiger partial charge on any atom is 0.251 e. The Bertz CT molecular complexity index is 1080. The van der Waals surface area contributed by atoms with Gasteiger partial charge in [0.25, 0.3) is 5.91 Å². The highest BCUT2D eigenvalue weighted by Crippen LogP contribution is 2.39. The number of nitrogens with one attached hydrogen (secondary N) is 1. The largest absolute Gasteiger partial charge is 0.447 e. The van der Waals surface area contributed by atoms with Gasteiger partial charge < -0.3 is 14.5 Å². The third kappa shape index (κ3) is 6.62. The Morgan fingerprint density at radius 1 is 0.853 bits per heavy atom. The fourth-order valence-electron chi connectivity index (χ4n) is 3.22. The molecule has 0 aliphatic carbocycles. The molecule has 178 valence electrons. The molecule has 0 aliphatic rings. The minimum absolute atomic E-state index is 0.0573. The molecular formula is C28H33NO3SSi. The van der Waals surface area contributed by atoms with Gasteiger partial charge in [-0.3, -0.25) is 4.79 Å². The molecule has 0 aliphatic heterocycles. The third-order valence-corrected chi connectivity index (χ3v) is 11.0. The summed E-state index contributed by atoms with van der Waals surface area (Å²) in [4.78, 5) is 13.2. The first-order valence-electron chi connectivity index (χ1n) is 11.4. The number of benzene rings is 3. The van der Waals surface area contributed by atoms with Gasteiger partial charge in [0.15, 0.2) is 13.4 Å². The summed E-state index contributed by atoms with van der Waals surface area (Å²) in [5.74, 6) is 0.443. The molecule has 0 saturated heterocycles. The van der Waals surface area contributed by atoms with E-state index >= 15 is 0 Å². The smallest absolute Gasteiger partial charge is 0.251 e. The molecule has 0 bridgehead atoms. The van der Waals surface area contributed by atoms with E-state index in [0.717, 1.165) is 5.56 Å². The number of ether oxygens (including phenoxy) is 1. The van der Waals surface area contributed by atoms with Gasteiger partial charge in [0, 0.05) is 5.56 Å². The number of para-hydroxylation sites is 1. The van der Waals surface area contributed by atoms with Crippen molar-refractivity contribution in [3.8, 4) is 5.75 Å². The van der Waals surface area contributed by atoms with Crippen molar-refractivity contribution in [3.63, 3.8) is 0 Å². The molecule has 6 heteroatoms. The first-order valence-corrected chi connectivity index (χ1v) is 14.8. The number of rotatable bonds is 8. The average Bonchev–Trinajstić information content (AvgIpc) is 2.82. The van der Waals surface area contributed by atoms with Crippen LogP contribution < -0.4 is 10.1 Å². The van der Waals surface area contributed by atoms with E-state index in [1.54, 1.807) is 12.1 Å². The zero-order valence-electron chi connectivity index (χ0n) is 20.4. The third-order valence-electron chi connectivity index (χ3n) is 6.21. The van der Waals surface area contributed by atoms with Gasteiger partial charge in [0.2, 0.25) is 0 Å². The van der Waals surface area contributed by atoms with Crippen LogP contribution in [0.1, 0.15) is 42.7 Å². The van der Waals surface area contributed by atoms with Crippen molar-refractivity contribution < 1.29 is 14.0 Å². The lowest BCUT2D eigenvalue weighted by atomic mass is 10.0. The zero-order valence-corrected chi connectivity index (χ0v) is 22.3. The molecule has 0 spiro atoms. The van der Waals surface area contributed by atoms with E-state index < -0.39 is 20.5 Å². The van der Waals surface area contributed by atoms with Crippen LogP contribution in [0.25, 0.3) is 0 Å². The minimum Gasteiger partial charge on any atom is -0.447 e. The lowest BCUT2D eigenvalue weighted by molar-refractivity contribution is 0.0895. The maximum atomic E-state index is 13.2. The number of hydrogen-bond acceptors (Lipinski definition) is 4. The van der Waals surface area contributed by atoms with E-state index in [2.05, 4.69) is 39.2 Å². The summed E-state index contributed by atoms with van der Waals surface area (Å²) in [5, 5.41) is 3.41. The Labute approximate surface area is 209 Å². The van der Waals surface area contributed by atoms with Crippen molar-refractivity contribution in [2.75, 3.05) is 0 Å². The summed E-state index contributed by atoms with van der Waals surface area (Å²) in [6.45, 7) is 10.9. The number of thiocarbonyl (C=S) groups is 1. The monoisotopic (exact) mass is 491 g/mol. The van der Waals surface area contributed by atoms with E-state index in [1.165, 1.54) is 0 Å². The van der Waals surface area contributed by atoms with Gasteiger partial charge >= 0.3 is 0 Å². The molecule has 4 nitrogen and oxygen atoms in total. The first-order chi connectivity index (χ1) is 16.1. The molecule has 0 radical (unpaired) electrons. The summed E-state index contributed by atoms with van der Waals surface area (Å²) in [6.07, 6.45) is -0.661. The van der Waals surface area contributed by atoms with Gasteiger partial charge in [0.05, 0.1) is 6.04 Å². The number of amides is 1. The molecular weight excluding hydrogens is 458 g/mol. The van der Waals surface area contributed by atoms with Crippen LogP contribution in [0, 0.1) is 0 Å². The lowest BCUT2D eigenvalue weighted by Crippen LogP contribution is -2.51. The minimum atomic E-state index is -2.29. The summed E-state index contributed by atoms with van der Waals surface area (Å²) in [6, 6.07) is 27.9. The molecule has 2 unspecified atom stereocenters. The van der Waals surface area contributed by atoms with E-state index in [1.807, 2.05) is 78.9 Å². The number of hydrogen-bond donors (Lipinski definition) is 1. The second-order valence-electron chi connectivity index (χ2n) is 9.76. The van der Waals surface area contributed by atoms with E-state index in [4.69, 9.17) is 21.4 Å². The number of carbonyl (C=O) groups is 1. The Hall–Kier alpha value is -2.80. The predicted octanol–water partition coefficient (Wildman–Crippen LogP) is 6.95. The highest BCUT2D eigenvalue weighted by molar-refractivity contribution is 7.80. The van der Waals surface area contributed by atoms with Crippen LogP contribution in [-0.2, 0) is 4.43 Å². The molecule has 3 aromatic rings. The van der Waals surface area contributed by atoms with Gasteiger partial charge in [0.1, 0.15) is 11.9 Å². The standard InChI is InChI=1S/C28H33NO3SSi/c1-28(2,3)34(4,5)32-25(27(33)31-23-19-13-8-14-20-23)24(21-15-9-6-10-16-21)29-26(30)22-17-11-7-12-18-22/h6-20,24-25H,1-5H3,(H,29,30). The second kappa shape index (κ2) is 11.1. The summed E-state index contributed by atoms with van der Waals surface area (Å²) < 4.78 is 12.9. The van der Waals surface area contributed by atoms with Gasteiger partial charge in [-0.05, 0) is 60.2 Å². The molecule has 1 N–H and O–H groups in total. The highest BCUT2D eigenvalue weighted by Gasteiger charge is 2.43. The SMILES string of the molecule is CC(C)(C)[Si](C)(C)OC(C(=S)Oc1ccccc1)C(NC(=O)c1ccccc1)c1ccccc1. The first kappa shape index (κ1) is 25.8. The van der Waals surface area contributed by atoms with Crippen molar-refractivity contribution in [1.29, 1.82) is 0 Å². The molecule has 2 atom stereocenters. The van der Waals surface area contributed by atoms with Gasteiger partial charge in [-0.15, -0.1) is 0 Å². The molecule has 0 heterocycles. The fraction of sp³-hybridized carbons (Fsp3) is 0.286. The van der Waals surface area contributed by atoms with Crippen molar-refractivity contribution in [1.82, 2.24) is 5.32 Å². The van der Waals surface area contributed by atoms with Crippen LogP contribution >= 0.6 is 12.2 Å². The van der Waals surface area contributed by atoms with Gasteiger partial charge in [-0.1, -0.05) is 87.5 Å². The van der Waals surface area contributed by atoms with Crippen LogP contribution in [0.3, 0.4) is 0 Å². The average molecular weight is 492 g/mol. The van der Waals surface area contributed by atoms with Crippen LogP contribution in [0.2, 0.25) is 18.1 Å². The van der Waals surface area contributed by atoms with Crippen LogP contribution in [0.15, 0.2) is 91.0 Å². The van der Waals surface area contributed by atoms with Crippen LogP contribution in [0.5, 0.6) is 5.75 Å². The predicted molar refractivity (Wildman–Crippen MR) is 145 cm³/mol. The molecule has 0 aromatic heterocycles. The molecule has 1 amide bonds. The number of carbonyl (C=O) groups excluding carboxylic acids is 1. The molecule has 0 fully saturated rings. The zero-order chi connectivity index (χ0) is 24.8. The normalized spacial score (nSPS) is 13.6. The maximum absolute atomic E-state index is 13.2. The van der Waals surface area contributed by atoms with Crippen molar-refractivity contribution in [3.05, 3.63) is 102 Å². The Morgan fingerprint density at radius 3 is 1.88 bits per heavy atom. The van der Waals surface area contributed by atoms with Gasteiger partial charge in [-0.25, -0.2) is 0 Å². The van der Waals surface area contributed by atoms with Crippen molar-refractivity contribution >= 4 is 31.5 Å². The van der Waals surface area contributed by atoms with E-state index in [0.29, 0.717) is 16.4 Å². The molecule has 3 rings (SSSR count). The highest BCUT2D eigenvalue weighted by atomic mass is 32.1. The molecule has 34 heavy (non-hydrogen) atoms. The van der Waals surface area contributed by atoms with Crippen LogP contribution in [-0.4, -0.2) is 25.4 Å². The summed E-state index contributed by atoms with van der Waals surface area (Å²) in [5.41, 5.74) is 1.47. The van der Waals surface area contributed by atoms with Crippen molar-refractivity contribution in [2.24, 2.45) is 0 Å². The Morgan fingerprint density at radius 2 is 1.35 bits per heavy atom. The Balaban J connectivity index is 2.02. The van der Waals surface area contributed by atoms with Crippen molar-refractivity contribution in [2.45, 2.75) is 51.0 Å². The lowest BCUT2D eigenvalue weighted by Gasteiger charge is -2.41. The van der Waals surface area contributed by atoms with E-state index in [-0.39, 0.29) is 10.9 Å². The van der Waals surface area contributed by atoms with Crippen LogP contribution in [0.4, 0.5) is 0 Å². The van der Waals surface area contributed by atoms with E-state index in [9.17, 15) is 4.79 Å². The quantitative estimate of drug-likeness (QED) is 0.273. The molecule has 0 saturated carbocycles. The molecule has 3 aromatic carbocycles. The fourth-order valence-corrected chi connectivity index (χ4v) is 4.81. The topological polar surface area (TPSA) is 47.6 Å². The summed E-state index contributed by atoms with van der Waals surface area (Å²) in [7, 11) is -2.29. The van der Waals surface area contributed by atoms with Gasteiger partial charge in [-0.2, -0.15) is 0 Å². The second-order valence-corrected chi connectivity index (χ2v) is 14.9. The Kier molecular flexibility index (Phi) is 8.41.